The summed E-state index contributed by atoms with van der Waals surface area (Å²) in [6, 6.07) is 7.43. The van der Waals surface area contributed by atoms with E-state index < -0.39 is 0 Å². The molecule has 2 rings (SSSR count). The lowest BCUT2D eigenvalue weighted by Gasteiger charge is -2.10. The highest BCUT2D eigenvalue weighted by Gasteiger charge is 2.21. The molecule has 1 aromatic carbocycles. The molecule has 0 aliphatic heterocycles. The maximum atomic E-state index is 12.0. The minimum atomic E-state index is -0.166. The van der Waals surface area contributed by atoms with Gasteiger partial charge in [-0.1, -0.05) is 38.1 Å². The van der Waals surface area contributed by atoms with Gasteiger partial charge >= 0.3 is 0 Å². The van der Waals surface area contributed by atoms with E-state index in [4.69, 9.17) is 9.63 Å². The molecule has 0 radical (unpaired) electrons. The molecule has 2 aromatic rings. The summed E-state index contributed by atoms with van der Waals surface area (Å²) < 4.78 is 5.17. The Morgan fingerprint density at radius 1 is 1.22 bits per heavy atom. The molecule has 1 aromatic heterocycles. The van der Waals surface area contributed by atoms with Crippen molar-refractivity contribution >= 4 is 11.6 Å². The lowest BCUT2D eigenvalue weighted by molar-refractivity contribution is -0.116. The van der Waals surface area contributed by atoms with E-state index in [0.717, 1.165) is 11.3 Å². The van der Waals surface area contributed by atoms with Crippen LogP contribution >= 0.6 is 0 Å². The zero-order valence-corrected chi connectivity index (χ0v) is 13.8. The lowest BCUT2D eigenvalue weighted by atomic mass is 9.96. The van der Waals surface area contributed by atoms with Crippen LogP contribution in [0.4, 0.5) is 5.69 Å². The third-order valence-corrected chi connectivity index (χ3v) is 3.34. The summed E-state index contributed by atoms with van der Waals surface area (Å²) in [6.45, 7) is 6.14. The Bertz CT molecular complexity index is 642. The predicted molar refractivity (Wildman–Crippen MR) is 87.2 cm³/mol. The van der Waals surface area contributed by atoms with Crippen LogP contribution in [0.25, 0.3) is 0 Å². The van der Waals surface area contributed by atoms with Gasteiger partial charge in [0.15, 0.2) is 5.82 Å². The summed E-state index contributed by atoms with van der Waals surface area (Å²) in [6.07, 6.45) is 1.31. The predicted octanol–water partition coefficient (Wildman–Crippen LogP) is 2.47. The van der Waals surface area contributed by atoms with Gasteiger partial charge in [0.1, 0.15) is 0 Å². The fraction of sp³-hybridized carbons (Fsp3) is 0.471. The SMILES string of the molecule is CC(C)(C)c1noc(CCC(=O)Nc2ccc(CCO)cc2)n1. The molecule has 1 heterocycles. The molecule has 0 saturated carbocycles. The first-order valence-electron chi connectivity index (χ1n) is 7.71. The summed E-state index contributed by atoms with van der Waals surface area (Å²) in [5.41, 5.74) is 1.60. The van der Waals surface area contributed by atoms with Crippen LogP contribution in [-0.4, -0.2) is 27.8 Å². The van der Waals surface area contributed by atoms with Gasteiger partial charge in [0.05, 0.1) is 0 Å². The van der Waals surface area contributed by atoms with Crippen molar-refractivity contribution in [1.29, 1.82) is 0 Å². The molecule has 2 N–H and O–H groups in total. The molecule has 0 aliphatic carbocycles. The number of aliphatic hydroxyl groups excluding tert-OH is 1. The maximum Gasteiger partial charge on any atom is 0.227 e. The van der Waals surface area contributed by atoms with Crippen LogP contribution in [0.3, 0.4) is 0 Å². The third kappa shape index (κ3) is 5.17. The Labute approximate surface area is 135 Å². The average Bonchev–Trinajstić information content (AvgIpc) is 2.97. The van der Waals surface area contributed by atoms with Crippen molar-refractivity contribution < 1.29 is 14.4 Å². The van der Waals surface area contributed by atoms with Gasteiger partial charge in [0.25, 0.3) is 0 Å². The van der Waals surface area contributed by atoms with Crippen molar-refractivity contribution in [1.82, 2.24) is 10.1 Å². The number of hydrogen-bond donors (Lipinski definition) is 2. The quantitative estimate of drug-likeness (QED) is 0.854. The van der Waals surface area contributed by atoms with E-state index in [1.165, 1.54) is 0 Å². The molecule has 124 valence electrons. The number of carbonyl (C=O) groups excluding carboxylic acids is 1. The molecule has 0 atom stereocenters. The van der Waals surface area contributed by atoms with Crippen molar-refractivity contribution in [2.24, 2.45) is 0 Å². The lowest BCUT2D eigenvalue weighted by Crippen LogP contribution is -2.14. The molecular formula is C17H23N3O3. The first-order chi connectivity index (χ1) is 10.9. The molecular weight excluding hydrogens is 294 g/mol. The van der Waals surface area contributed by atoms with Crippen molar-refractivity contribution in [2.75, 3.05) is 11.9 Å². The number of aromatic nitrogens is 2. The molecule has 0 spiro atoms. The molecule has 0 unspecified atom stereocenters. The number of benzene rings is 1. The number of aliphatic hydroxyl groups is 1. The molecule has 0 bridgehead atoms. The first kappa shape index (κ1) is 17.1. The third-order valence-electron chi connectivity index (χ3n) is 3.34. The summed E-state index contributed by atoms with van der Waals surface area (Å²) in [5.74, 6) is 1.02. The summed E-state index contributed by atoms with van der Waals surface area (Å²) in [4.78, 5) is 16.3. The number of rotatable bonds is 6. The monoisotopic (exact) mass is 317 g/mol. The van der Waals surface area contributed by atoms with Crippen LogP contribution in [0, 0.1) is 0 Å². The number of carbonyl (C=O) groups is 1. The summed E-state index contributed by atoms with van der Waals surface area (Å²) in [7, 11) is 0. The molecule has 6 heteroatoms. The van der Waals surface area contributed by atoms with Crippen LogP contribution in [0.1, 0.15) is 44.5 Å². The standard InChI is InChI=1S/C17H23N3O3/c1-17(2,3)16-19-15(23-20-16)9-8-14(22)18-13-6-4-12(5-7-13)10-11-21/h4-7,21H,8-11H2,1-3H3,(H,18,22). The second kappa shape index (κ2) is 7.37. The molecule has 6 nitrogen and oxygen atoms in total. The minimum Gasteiger partial charge on any atom is -0.396 e. The van der Waals surface area contributed by atoms with Gasteiger partial charge in [-0.05, 0) is 24.1 Å². The number of nitrogens with one attached hydrogen (secondary N) is 1. The van der Waals surface area contributed by atoms with Gasteiger partial charge in [-0.15, -0.1) is 0 Å². The summed E-state index contributed by atoms with van der Waals surface area (Å²) >= 11 is 0. The largest absolute Gasteiger partial charge is 0.396 e. The van der Waals surface area contributed by atoms with Crippen molar-refractivity contribution in [3.8, 4) is 0 Å². The molecule has 0 aliphatic rings. The maximum absolute atomic E-state index is 12.0. The van der Waals surface area contributed by atoms with E-state index in [0.29, 0.717) is 24.6 Å². The fourth-order valence-corrected chi connectivity index (χ4v) is 1.99. The van der Waals surface area contributed by atoms with Crippen LogP contribution in [0.15, 0.2) is 28.8 Å². The van der Waals surface area contributed by atoms with Crippen molar-refractivity contribution in [3.63, 3.8) is 0 Å². The Kier molecular flexibility index (Phi) is 5.50. The molecule has 23 heavy (non-hydrogen) atoms. The molecule has 0 fully saturated rings. The smallest absolute Gasteiger partial charge is 0.227 e. The second-order valence-corrected chi connectivity index (χ2v) is 6.48. The highest BCUT2D eigenvalue weighted by Crippen LogP contribution is 2.19. The van der Waals surface area contributed by atoms with Gasteiger partial charge in [-0.3, -0.25) is 4.79 Å². The Hall–Kier alpha value is -2.21. The first-order valence-corrected chi connectivity index (χ1v) is 7.71. The Balaban J connectivity index is 1.84. The van der Waals surface area contributed by atoms with E-state index in [1.54, 1.807) is 0 Å². The van der Waals surface area contributed by atoms with Crippen LogP contribution in [-0.2, 0) is 23.1 Å². The zero-order valence-electron chi connectivity index (χ0n) is 13.8. The molecule has 1 amide bonds. The Morgan fingerprint density at radius 3 is 2.48 bits per heavy atom. The Morgan fingerprint density at radius 2 is 1.91 bits per heavy atom. The molecule has 0 saturated heterocycles. The number of nitrogens with zero attached hydrogens (tertiary/aromatic N) is 2. The van der Waals surface area contributed by atoms with Gasteiger partial charge < -0.3 is 14.9 Å². The number of aryl methyl sites for hydroxylation is 1. The number of anilines is 1. The van der Waals surface area contributed by atoms with E-state index in [-0.39, 0.29) is 24.3 Å². The van der Waals surface area contributed by atoms with E-state index >= 15 is 0 Å². The normalized spacial score (nSPS) is 11.5. The number of amides is 1. The minimum absolute atomic E-state index is 0.101. The van der Waals surface area contributed by atoms with Crippen LogP contribution in [0.5, 0.6) is 0 Å². The van der Waals surface area contributed by atoms with E-state index in [9.17, 15) is 4.79 Å². The zero-order chi connectivity index (χ0) is 16.9. The fourth-order valence-electron chi connectivity index (χ4n) is 1.99. The van der Waals surface area contributed by atoms with Gasteiger partial charge in [-0.2, -0.15) is 4.98 Å². The van der Waals surface area contributed by atoms with Crippen LogP contribution in [0.2, 0.25) is 0 Å². The highest BCUT2D eigenvalue weighted by atomic mass is 16.5. The second-order valence-electron chi connectivity index (χ2n) is 6.48. The van der Waals surface area contributed by atoms with Crippen molar-refractivity contribution in [2.45, 2.75) is 45.4 Å². The van der Waals surface area contributed by atoms with Gasteiger partial charge in [-0.25, -0.2) is 0 Å². The van der Waals surface area contributed by atoms with Crippen LogP contribution < -0.4 is 5.32 Å². The highest BCUT2D eigenvalue weighted by molar-refractivity contribution is 5.90. The van der Waals surface area contributed by atoms with Crippen molar-refractivity contribution in [3.05, 3.63) is 41.5 Å². The topological polar surface area (TPSA) is 88.2 Å². The van der Waals surface area contributed by atoms with Gasteiger partial charge in [0, 0.05) is 30.6 Å². The average molecular weight is 317 g/mol. The van der Waals surface area contributed by atoms with Gasteiger partial charge in [0.2, 0.25) is 11.8 Å². The van der Waals surface area contributed by atoms with E-state index in [1.807, 2.05) is 45.0 Å². The number of hydrogen-bond acceptors (Lipinski definition) is 5. The van der Waals surface area contributed by atoms with E-state index in [2.05, 4.69) is 15.5 Å². The summed E-state index contributed by atoms with van der Waals surface area (Å²) in [5, 5.41) is 15.6.